The number of amides is 2. The van der Waals surface area contributed by atoms with Crippen LogP contribution in [0.1, 0.15) is 15.2 Å². The number of para-hydroxylation sites is 1. The van der Waals surface area contributed by atoms with Gasteiger partial charge in [-0.25, -0.2) is 4.79 Å². The van der Waals surface area contributed by atoms with Crippen LogP contribution in [0.3, 0.4) is 0 Å². The molecule has 160 valence electrons. The van der Waals surface area contributed by atoms with Crippen molar-refractivity contribution in [2.45, 2.75) is 12.5 Å². The number of anilines is 1. The van der Waals surface area contributed by atoms with Gasteiger partial charge in [0.2, 0.25) is 5.91 Å². The van der Waals surface area contributed by atoms with E-state index in [-0.39, 0.29) is 17.5 Å². The Morgan fingerprint density at radius 1 is 0.969 bits per heavy atom. The second-order valence-electron chi connectivity index (χ2n) is 7.40. The van der Waals surface area contributed by atoms with Crippen molar-refractivity contribution in [1.82, 2.24) is 20.3 Å². The first kappa shape index (κ1) is 19.8. The number of hydrogen-bond donors (Lipinski definition) is 5. The van der Waals surface area contributed by atoms with E-state index >= 15 is 0 Å². The van der Waals surface area contributed by atoms with Crippen molar-refractivity contribution >= 4 is 50.8 Å². The lowest BCUT2D eigenvalue weighted by molar-refractivity contribution is -0.118. The van der Waals surface area contributed by atoms with Crippen LogP contribution in [0.2, 0.25) is 0 Å². The zero-order chi connectivity index (χ0) is 22.1. The van der Waals surface area contributed by atoms with Crippen LogP contribution in [0.5, 0.6) is 0 Å². The van der Waals surface area contributed by atoms with E-state index in [9.17, 15) is 14.4 Å². The Hall–Kier alpha value is -4.11. The molecule has 0 aliphatic rings. The highest BCUT2D eigenvalue weighted by molar-refractivity contribution is 7.12. The fourth-order valence-electron chi connectivity index (χ4n) is 3.71. The quantitative estimate of drug-likeness (QED) is 0.275. The average Bonchev–Trinajstić information content (AvgIpc) is 3.52. The number of benzene rings is 2. The Balaban J connectivity index is 1.42. The zero-order valence-electron chi connectivity index (χ0n) is 16.8. The van der Waals surface area contributed by atoms with Crippen molar-refractivity contribution in [2.75, 3.05) is 5.32 Å². The highest BCUT2D eigenvalue weighted by atomic mass is 32.1. The van der Waals surface area contributed by atoms with Crippen LogP contribution in [0.15, 0.2) is 71.0 Å². The van der Waals surface area contributed by atoms with E-state index in [1.165, 1.54) is 11.3 Å². The molecule has 0 aliphatic carbocycles. The van der Waals surface area contributed by atoms with Crippen molar-refractivity contribution in [3.8, 4) is 0 Å². The van der Waals surface area contributed by atoms with E-state index in [0.29, 0.717) is 28.0 Å². The van der Waals surface area contributed by atoms with Gasteiger partial charge in [0, 0.05) is 29.2 Å². The molecule has 0 spiro atoms. The van der Waals surface area contributed by atoms with Gasteiger partial charge in [0.05, 0.1) is 15.9 Å². The summed E-state index contributed by atoms with van der Waals surface area (Å²) < 4.78 is 0. The van der Waals surface area contributed by atoms with Gasteiger partial charge in [0.25, 0.3) is 5.91 Å². The minimum Gasteiger partial charge on any atom is -0.361 e. The number of aromatic nitrogens is 3. The van der Waals surface area contributed by atoms with Gasteiger partial charge in [-0.15, -0.1) is 11.3 Å². The number of thiophene rings is 1. The normalized spacial score (nSPS) is 12.1. The number of carbonyl (C=O) groups is 2. The minimum absolute atomic E-state index is 0.301. The van der Waals surface area contributed by atoms with E-state index in [0.717, 1.165) is 16.5 Å². The summed E-state index contributed by atoms with van der Waals surface area (Å²) in [5.74, 6) is -0.650. The van der Waals surface area contributed by atoms with Gasteiger partial charge in [-0.1, -0.05) is 24.3 Å². The first-order valence-electron chi connectivity index (χ1n) is 9.99. The number of nitrogens with one attached hydrogen (secondary N) is 5. The predicted octanol–water partition coefficient (Wildman–Crippen LogP) is 3.38. The molecule has 3 heterocycles. The molecule has 0 radical (unpaired) electrons. The molecule has 5 rings (SSSR count). The standard InChI is InChI=1S/C23H19N5O3S/c29-21(25-14-7-8-17-18(11-14)28-23(31)27-17)19(26-22(30)20-6-3-9-32-20)10-13-12-24-16-5-2-1-4-15(13)16/h1-9,11-12,19,24H,10H2,(H,25,29)(H,26,30)(H2,27,28,31). The maximum absolute atomic E-state index is 13.2. The number of hydrogen-bond acceptors (Lipinski definition) is 4. The Kier molecular flexibility index (Phi) is 5.08. The fraction of sp³-hybridized carbons (Fsp3) is 0.0870. The lowest BCUT2D eigenvalue weighted by atomic mass is 10.0. The second-order valence-corrected chi connectivity index (χ2v) is 8.34. The van der Waals surface area contributed by atoms with Crippen molar-refractivity contribution in [3.05, 3.63) is 87.1 Å². The second kappa shape index (κ2) is 8.20. The minimum atomic E-state index is -0.801. The lowest BCUT2D eigenvalue weighted by Crippen LogP contribution is -2.45. The summed E-state index contributed by atoms with van der Waals surface area (Å²) in [5.41, 5.74) is 3.33. The van der Waals surface area contributed by atoms with E-state index in [2.05, 4.69) is 25.6 Å². The van der Waals surface area contributed by atoms with Gasteiger partial charge in [0.1, 0.15) is 6.04 Å². The van der Waals surface area contributed by atoms with Gasteiger partial charge in [-0.3, -0.25) is 9.59 Å². The number of aromatic amines is 3. The third kappa shape index (κ3) is 3.93. The van der Waals surface area contributed by atoms with Crippen LogP contribution in [0.4, 0.5) is 5.69 Å². The molecular weight excluding hydrogens is 426 g/mol. The van der Waals surface area contributed by atoms with E-state index in [1.807, 2.05) is 35.8 Å². The zero-order valence-corrected chi connectivity index (χ0v) is 17.6. The fourth-order valence-corrected chi connectivity index (χ4v) is 4.33. The predicted molar refractivity (Wildman–Crippen MR) is 125 cm³/mol. The van der Waals surface area contributed by atoms with E-state index < -0.39 is 6.04 Å². The number of rotatable bonds is 6. The van der Waals surface area contributed by atoms with Crippen LogP contribution in [0, 0.1) is 0 Å². The summed E-state index contributed by atoms with van der Waals surface area (Å²) in [5, 5.41) is 8.54. The highest BCUT2D eigenvalue weighted by Crippen LogP contribution is 2.21. The van der Waals surface area contributed by atoms with Crippen LogP contribution in [0.25, 0.3) is 21.9 Å². The molecule has 0 bridgehead atoms. The maximum Gasteiger partial charge on any atom is 0.323 e. The summed E-state index contributed by atoms with van der Waals surface area (Å²) in [7, 11) is 0. The number of fused-ring (bicyclic) bond motifs is 2. The molecule has 9 heteroatoms. The summed E-state index contributed by atoms with van der Waals surface area (Å²) in [6.07, 6.45) is 2.18. The summed E-state index contributed by atoms with van der Waals surface area (Å²) in [6, 6.07) is 15.6. The summed E-state index contributed by atoms with van der Waals surface area (Å²) in [6.45, 7) is 0. The molecule has 0 aliphatic heterocycles. The van der Waals surface area contributed by atoms with Crippen molar-refractivity contribution < 1.29 is 9.59 Å². The van der Waals surface area contributed by atoms with E-state index in [4.69, 9.17) is 0 Å². The molecule has 2 amide bonds. The third-order valence-electron chi connectivity index (χ3n) is 5.25. The Labute approximate surface area is 185 Å². The third-order valence-corrected chi connectivity index (χ3v) is 6.12. The van der Waals surface area contributed by atoms with Gasteiger partial charge < -0.3 is 25.6 Å². The van der Waals surface area contributed by atoms with Crippen molar-refractivity contribution in [2.24, 2.45) is 0 Å². The van der Waals surface area contributed by atoms with Crippen LogP contribution >= 0.6 is 11.3 Å². The maximum atomic E-state index is 13.2. The van der Waals surface area contributed by atoms with Crippen LogP contribution in [-0.4, -0.2) is 32.8 Å². The molecule has 8 nitrogen and oxygen atoms in total. The first-order chi connectivity index (χ1) is 15.6. The molecule has 3 aromatic heterocycles. The largest absolute Gasteiger partial charge is 0.361 e. The molecule has 0 fully saturated rings. The molecule has 0 saturated carbocycles. The lowest BCUT2D eigenvalue weighted by Gasteiger charge is -2.18. The monoisotopic (exact) mass is 445 g/mol. The van der Waals surface area contributed by atoms with Crippen LogP contribution in [-0.2, 0) is 11.2 Å². The molecule has 1 unspecified atom stereocenters. The SMILES string of the molecule is O=C(NC(Cc1c[nH]c2ccccc12)C(=O)Nc1ccc2[nH]c(=O)[nH]c2c1)c1cccs1. The van der Waals surface area contributed by atoms with Gasteiger partial charge >= 0.3 is 5.69 Å². The Bertz CT molecular complexity index is 1480. The van der Waals surface area contributed by atoms with Crippen molar-refractivity contribution in [3.63, 3.8) is 0 Å². The smallest absolute Gasteiger partial charge is 0.323 e. The Morgan fingerprint density at radius 2 is 1.81 bits per heavy atom. The molecule has 5 N–H and O–H groups in total. The number of H-pyrrole nitrogens is 3. The number of imidazole rings is 1. The average molecular weight is 446 g/mol. The summed E-state index contributed by atoms with van der Waals surface area (Å²) in [4.78, 5) is 46.5. The van der Waals surface area contributed by atoms with Crippen LogP contribution < -0.4 is 16.3 Å². The molecule has 1 atom stereocenters. The molecule has 2 aromatic carbocycles. The first-order valence-corrected chi connectivity index (χ1v) is 10.9. The summed E-state index contributed by atoms with van der Waals surface area (Å²) >= 11 is 1.32. The van der Waals surface area contributed by atoms with Gasteiger partial charge in [-0.2, -0.15) is 0 Å². The molecular formula is C23H19N5O3S. The van der Waals surface area contributed by atoms with Gasteiger partial charge in [0.15, 0.2) is 0 Å². The molecule has 32 heavy (non-hydrogen) atoms. The Morgan fingerprint density at radius 3 is 2.66 bits per heavy atom. The molecule has 0 saturated heterocycles. The number of carbonyl (C=O) groups excluding carboxylic acids is 2. The van der Waals surface area contributed by atoms with E-state index in [1.54, 1.807) is 30.3 Å². The topological polar surface area (TPSA) is 123 Å². The highest BCUT2D eigenvalue weighted by Gasteiger charge is 2.24. The van der Waals surface area contributed by atoms with Gasteiger partial charge in [-0.05, 0) is 41.3 Å². The van der Waals surface area contributed by atoms with Crippen molar-refractivity contribution in [1.29, 1.82) is 0 Å². The molecule has 5 aromatic rings.